The second kappa shape index (κ2) is 10.5. The van der Waals surface area contributed by atoms with Gasteiger partial charge in [0.05, 0.1) is 30.7 Å². The number of alkyl halides is 3. The molecule has 0 fully saturated rings. The monoisotopic (exact) mass is 532 g/mol. The Balaban J connectivity index is 1.89. The number of quaternary nitrogens is 1. The maximum atomic E-state index is 14.4. The minimum atomic E-state index is -5.05. The van der Waals surface area contributed by atoms with Crippen molar-refractivity contribution in [3.63, 3.8) is 0 Å². The van der Waals surface area contributed by atoms with Crippen molar-refractivity contribution < 1.29 is 41.8 Å². The number of nitriles is 1. The second-order valence-electron chi connectivity index (χ2n) is 8.07. The fraction of sp³-hybridized carbons (Fsp3) is 0.154. The molecule has 0 bridgehead atoms. The number of nitrogens with two attached hydrogens (primary N) is 1. The van der Waals surface area contributed by atoms with E-state index in [0.717, 1.165) is 22.2 Å². The molecule has 4 aromatic rings. The molecule has 0 amide bonds. The second-order valence-corrected chi connectivity index (χ2v) is 8.07. The average molecular weight is 532 g/mol. The molecule has 0 saturated heterocycles. The van der Waals surface area contributed by atoms with Gasteiger partial charge in [-0.15, -0.1) is 0 Å². The molecule has 4 rings (SSSR count). The summed E-state index contributed by atoms with van der Waals surface area (Å²) < 4.78 is 80.7. The van der Waals surface area contributed by atoms with Crippen LogP contribution in [-0.4, -0.2) is 16.4 Å². The molecule has 3 N–H and O–H groups in total. The van der Waals surface area contributed by atoms with Gasteiger partial charge in [-0.3, -0.25) is 9.36 Å². The third-order valence-corrected chi connectivity index (χ3v) is 5.69. The maximum absolute atomic E-state index is 14.4. The van der Waals surface area contributed by atoms with Gasteiger partial charge in [0.15, 0.2) is 11.5 Å². The molecule has 0 saturated carbocycles. The molecule has 0 aliphatic heterocycles. The zero-order valence-electron chi connectivity index (χ0n) is 19.6. The van der Waals surface area contributed by atoms with E-state index in [1.165, 1.54) is 18.4 Å². The van der Waals surface area contributed by atoms with Crippen molar-refractivity contribution in [3.8, 4) is 34.4 Å². The highest BCUT2D eigenvalue weighted by molar-refractivity contribution is 5.72. The fourth-order valence-electron chi connectivity index (χ4n) is 3.90. The summed E-state index contributed by atoms with van der Waals surface area (Å²) in [6.45, 7) is 1.51. The Morgan fingerprint density at radius 1 is 1.11 bits per heavy atom. The lowest BCUT2D eigenvalue weighted by Crippen LogP contribution is -2.73. The van der Waals surface area contributed by atoms with Gasteiger partial charge in [-0.2, -0.15) is 23.9 Å². The van der Waals surface area contributed by atoms with E-state index in [-0.39, 0.29) is 17.0 Å². The first-order chi connectivity index (χ1) is 18.1. The van der Waals surface area contributed by atoms with Crippen LogP contribution in [0.2, 0.25) is 0 Å². The van der Waals surface area contributed by atoms with E-state index < -0.39 is 41.0 Å². The first-order valence-electron chi connectivity index (χ1n) is 11.1. The summed E-state index contributed by atoms with van der Waals surface area (Å²) >= 11 is 0. The summed E-state index contributed by atoms with van der Waals surface area (Å²) in [4.78, 5) is 13.1. The standard InChI is InChI=1S/C26H18F5N3O4/c1-2-37-23-6-4-14(7-21(23)33-36)16-8-24(38-13-16)22-10-19(26(29,30)31)18(11-32)25(35)34(22)12-15-3-5-17(27)9-20(15)28/h3-10,13,33,36H,2,12H2,1H3/p+1. The first kappa shape index (κ1) is 26.6. The molecule has 0 unspecified atom stereocenters. The van der Waals surface area contributed by atoms with Crippen LogP contribution >= 0.6 is 0 Å². The van der Waals surface area contributed by atoms with Gasteiger partial charge in [0, 0.05) is 23.3 Å². The number of benzene rings is 2. The Kier molecular flexibility index (Phi) is 7.34. The van der Waals surface area contributed by atoms with Crippen LogP contribution in [0.4, 0.5) is 27.6 Å². The third-order valence-electron chi connectivity index (χ3n) is 5.69. The highest BCUT2D eigenvalue weighted by Crippen LogP contribution is 2.36. The van der Waals surface area contributed by atoms with Crippen LogP contribution in [0, 0.1) is 23.0 Å². The van der Waals surface area contributed by atoms with Crippen molar-refractivity contribution >= 4 is 5.69 Å². The van der Waals surface area contributed by atoms with Crippen LogP contribution in [0.25, 0.3) is 22.6 Å². The van der Waals surface area contributed by atoms with E-state index in [1.807, 2.05) is 0 Å². The topological polar surface area (TPSA) is 105 Å². The molecule has 0 aliphatic rings. The van der Waals surface area contributed by atoms with Crippen molar-refractivity contribution in [1.82, 2.24) is 4.57 Å². The lowest BCUT2D eigenvalue weighted by atomic mass is 10.0. The van der Waals surface area contributed by atoms with Crippen LogP contribution in [0.5, 0.6) is 5.75 Å². The van der Waals surface area contributed by atoms with Gasteiger partial charge in [0.2, 0.25) is 5.69 Å². The van der Waals surface area contributed by atoms with E-state index >= 15 is 0 Å². The quantitative estimate of drug-likeness (QED) is 0.199. The Hall–Kier alpha value is -4.47. The summed E-state index contributed by atoms with van der Waals surface area (Å²) in [5, 5.41) is 18.9. The van der Waals surface area contributed by atoms with Crippen molar-refractivity contribution in [2.75, 3.05) is 6.61 Å². The molecular weight excluding hydrogens is 513 g/mol. The molecule has 0 aliphatic carbocycles. The normalized spacial score (nSPS) is 11.4. The smallest absolute Gasteiger partial charge is 0.417 e. The van der Waals surface area contributed by atoms with Crippen molar-refractivity contribution in [1.29, 1.82) is 5.26 Å². The van der Waals surface area contributed by atoms with Crippen molar-refractivity contribution in [2.45, 2.75) is 19.6 Å². The number of pyridine rings is 1. The maximum Gasteiger partial charge on any atom is 0.417 e. The minimum absolute atomic E-state index is 0.182. The van der Waals surface area contributed by atoms with E-state index in [0.29, 0.717) is 41.3 Å². The predicted octanol–water partition coefficient (Wildman–Crippen LogP) is 4.98. The average Bonchev–Trinajstić information content (AvgIpc) is 3.36. The number of ether oxygens (including phenoxy) is 1. The summed E-state index contributed by atoms with van der Waals surface area (Å²) in [7, 11) is 0. The number of halogens is 5. The van der Waals surface area contributed by atoms with Gasteiger partial charge < -0.3 is 9.15 Å². The zero-order chi connectivity index (χ0) is 27.6. The largest absolute Gasteiger partial charge is 0.488 e. The van der Waals surface area contributed by atoms with Crippen molar-refractivity contribution in [2.24, 2.45) is 0 Å². The fourth-order valence-corrected chi connectivity index (χ4v) is 3.90. The summed E-state index contributed by atoms with van der Waals surface area (Å²) in [6.07, 6.45) is -3.82. The van der Waals surface area contributed by atoms with E-state index in [2.05, 4.69) is 0 Å². The Bertz CT molecular complexity index is 1600. The number of nitrogens with zero attached hydrogens (tertiary/aromatic N) is 2. The number of furan rings is 1. The molecule has 12 heteroatoms. The number of hydrogen-bond donors (Lipinski definition) is 2. The van der Waals surface area contributed by atoms with E-state index in [9.17, 15) is 37.2 Å². The molecule has 2 aromatic carbocycles. The third kappa shape index (κ3) is 5.15. The molecule has 0 atom stereocenters. The van der Waals surface area contributed by atoms with Gasteiger partial charge in [0.1, 0.15) is 23.3 Å². The predicted molar refractivity (Wildman–Crippen MR) is 124 cm³/mol. The van der Waals surface area contributed by atoms with E-state index in [1.54, 1.807) is 25.1 Å². The van der Waals surface area contributed by atoms with Crippen LogP contribution in [-0.2, 0) is 12.7 Å². The first-order valence-corrected chi connectivity index (χ1v) is 11.1. The van der Waals surface area contributed by atoms with Crippen LogP contribution < -0.4 is 15.8 Å². The van der Waals surface area contributed by atoms with Crippen LogP contribution in [0.15, 0.2) is 64.0 Å². The SMILES string of the molecule is CCOc1ccc(-c2coc(-c3cc(C(F)(F)F)c(C#N)c(=O)n3Cc3ccc(F)cc3F)c2)cc1[NH2+]O. The lowest BCUT2D eigenvalue weighted by molar-refractivity contribution is -0.825. The van der Waals surface area contributed by atoms with Crippen LogP contribution in [0.3, 0.4) is 0 Å². The molecule has 0 spiro atoms. The van der Waals surface area contributed by atoms with Gasteiger partial charge in [-0.1, -0.05) is 12.1 Å². The highest BCUT2D eigenvalue weighted by atomic mass is 19.4. The van der Waals surface area contributed by atoms with Crippen LogP contribution in [0.1, 0.15) is 23.6 Å². The van der Waals surface area contributed by atoms with Gasteiger partial charge in [-0.25, -0.2) is 14.0 Å². The highest BCUT2D eigenvalue weighted by Gasteiger charge is 2.37. The molecule has 2 aromatic heterocycles. The molecule has 0 radical (unpaired) electrons. The Labute approximate surface area is 211 Å². The lowest BCUT2D eigenvalue weighted by Gasteiger charge is -2.16. The number of rotatable bonds is 7. The Morgan fingerprint density at radius 2 is 1.87 bits per heavy atom. The minimum Gasteiger partial charge on any atom is -0.488 e. The van der Waals surface area contributed by atoms with Crippen molar-refractivity contribution in [3.05, 3.63) is 93.5 Å². The Morgan fingerprint density at radius 3 is 2.50 bits per heavy atom. The summed E-state index contributed by atoms with van der Waals surface area (Å²) in [6, 6.07) is 10.5. The van der Waals surface area contributed by atoms with E-state index in [4.69, 9.17) is 9.15 Å². The molecule has 196 valence electrons. The zero-order valence-corrected chi connectivity index (χ0v) is 19.6. The van der Waals surface area contributed by atoms with Gasteiger partial charge in [-0.05, 0) is 36.8 Å². The summed E-state index contributed by atoms with van der Waals surface area (Å²) in [5.41, 5.74) is -2.48. The molecule has 2 heterocycles. The number of hydrogen-bond acceptors (Lipinski definition) is 5. The molecule has 7 nitrogen and oxygen atoms in total. The van der Waals surface area contributed by atoms with Gasteiger partial charge in [0.25, 0.3) is 5.56 Å². The van der Waals surface area contributed by atoms with Gasteiger partial charge >= 0.3 is 6.18 Å². The number of aromatic nitrogens is 1. The molecular formula is C26H19F5N3O4+. The molecule has 38 heavy (non-hydrogen) atoms. The summed E-state index contributed by atoms with van der Waals surface area (Å²) in [5.74, 6) is -1.68.